The second-order valence-corrected chi connectivity index (χ2v) is 5.52. The number of carbonyl (C=O) groups is 1. The summed E-state index contributed by atoms with van der Waals surface area (Å²) in [5.41, 5.74) is 0.0461. The van der Waals surface area contributed by atoms with Gasteiger partial charge in [-0.3, -0.25) is 0 Å². The molecule has 0 unspecified atom stereocenters. The highest BCUT2D eigenvalue weighted by Crippen LogP contribution is 2.35. The number of methoxy groups -OCH3 is 2. The molecule has 1 N–H and O–H groups in total. The summed E-state index contributed by atoms with van der Waals surface area (Å²) in [7, 11) is 3.12. The molecule has 4 nitrogen and oxygen atoms in total. The van der Waals surface area contributed by atoms with Crippen molar-refractivity contribution in [1.29, 1.82) is 0 Å². The van der Waals surface area contributed by atoms with Crippen LogP contribution in [-0.4, -0.2) is 31.8 Å². The normalized spacial score (nSPS) is 26.1. The number of benzene rings is 1. The van der Waals surface area contributed by atoms with Crippen LogP contribution in [0.2, 0.25) is 5.02 Å². The summed E-state index contributed by atoms with van der Waals surface area (Å²) in [5.74, 6) is -0.244. The van der Waals surface area contributed by atoms with Crippen LogP contribution < -0.4 is 5.32 Å². The molecule has 110 valence electrons. The Labute approximate surface area is 124 Å². The molecule has 2 rings (SSSR count). The van der Waals surface area contributed by atoms with E-state index in [1.165, 1.54) is 7.11 Å². The monoisotopic (exact) mass is 297 g/mol. The first-order chi connectivity index (χ1) is 9.61. The van der Waals surface area contributed by atoms with Crippen LogP contribution in [0, 0.1) is 0 Å². The van der Waals surface area contributed by atoms with Gasteiger partial charge in [-0.25, -0.2) is 4.79 Å². The van der Waals surface area contributed by atoms with Gasteiger partial charge < -0.3 is 14.8 Å². The van der Waals surface area contributed by atoms with Gasteiger partial charge in [0.1, 0.15) is 5.54 Å². The standard InChI is InChI=1S/C15H20ClNO3/c1-19-11-7-9-15(10-8-11,14(18)20-2)17-13-6-4-3-5-12(13)16/h3-6,11,17H,7-10H2,1-2H3. The first-order valence-electron chi connectivity index (χ1n) is 6.75. The van der Waals surface area contributed by atoms with Crippen LogP contribution >= 0.6 is 11.6 Å². The predicted molar refractivity (Wildman–Crippen MR) is 79.1 cm³/mol. The minimum Gasteiger partial charge on any atom is -0.467 e. The van der Waals surface area contributed by atoms with Gasteiger partial charge in [0.05, 0.1) is 23.9 Å². The molecular weight excluding hydrogens is 278 g/mol. The van der Waals surface area contributed by atoms with Gasteiger partial charge in [0, 0.05) is 7.11 Å². The molecule has 1 saturated carbocycles. The van der Waals surface area contributed by atoms with E-state index in [9.17, 15) is 4.79 Å². The molecule has 0 spiro atoms. The van der Waals surface area contributed by atoms with E-state index in [2.05, 4.69) is 5.32 Å². The zero-order chi connectivity index (χ0) is 14.6. The third-order valence-corrected chi connectivity index (χ3v) is 4.27. The van der Waals surface area contributed by atoms with E-state index >= 15 is 0 Å². The highest BCUT2D eigenvalue weighted by atomic mass is 35.5. The molecule has 1 aliphatic rings. The summed E-state index contributed by atoms with van der Waals surface area (Å²) in [6.07, 6.45) is 3.19. The second-order valence-electron chi connectivity index (χ2n) is 5.11. The Morgan fingerprint density at radius 1 is 1.30 bits per heavy atom. The zero-order valence-electron chi connectivity index (χ0n) is 11.8. The molecule has 0 atom stereocenters. The van der Waals surface area contributed by atoms with Gasteiger partial charge in [-0.15, -0.1) is 0 Å². The Hall–Kier alpha value is -1.26. The van der Waals surface area contributed by atoms with Crippen molar-refractivity contribution in [2.45, 2.75) is 37.3 Å². The van der Waals surface area contributed by atoms with Gasteiger partial charge in [-0.1, -0.05) is 23.7 Å². The first kappa shape index (κ1) is 15.1. The number of anilines is 1. The van der Waals surface area contributed by atoms with Crippen LogP contribution in [0.3, 0.4) is 0 Å². The lowest BCUT2D eigenvalue weighted by atomic mass is 9.80. The second kappa shape index (κ2) is 6.46. The third kappa shape index (κ3) is 3.07. The van der Waals surface area contributed by atoms with Gasteiger partial charge in [0.15, 0.2) is 0 Å². The van der Waals surface area contributed by atoms with Crippen LogP contribution in [0.25, 0.3) is 0 Å². The van der Waals surface area contributed by atoms with Crippen molar-refractivity contribution >= 4 is 23.3 Å². The van der Waals surface area contributed by atoms with Gasteiger partial charge in [0.25, 0.3) is 0 Å². The minimum atomic E-state index is -0.714. The van der Waals surface area contributed by atoms with Gasteiger partial charge in [-0.05, 0) is 37.8 Å². The van der Waals surface area contributed by atoms with E-state index in [4.69, 9.17) is 21.1 Å². The summed E-state index contributed by atoms with van der Waals surface area (Å²) in [6.45, 7) is 0. The van der Waals surface area contributed by atoms with Crippen LogP contribution in [-0.2, 0) is 14.3 Å². The van der Waals surface area contributed by atoms with E-state index in [0.717, 1.165) is 18.5 Å². The minimum absolute atomic E-state index is 0.209. The van der Waals surface area contributed by atoms with E-state index in [1.807, 2.05) is 18.2 Å². The van der Waals surface area contributed by atoms with Crippen molar-refractivity contribution in [3.8, 4) is 0 Å². The molecule has 0 saturated heterocycles. The van der Waals surface area contributed by atoms with Crippen LogP contribution in [0.15, 0.2) is 24.3 Å². The van der Waals surface area contributed by atoms with E-state index in [-0.39, 0.29) is 12.1 Å². The molecule has 0 amide bonds. The van der Waals surface area contributed by atoms with E-state index < -0.39 is 5.54 Å². The van der Waals surface area contributed by atoms with Crippen molar-refractivity contribution in [1.82, 2.24) is 0 Å². The maximum Gasteiger partial charge on any atom is 0.331 e. The topological polar surface area (TPSA) is 47.6 Å². The maximum absolute atomic E-state index is 12.2. The molecule has 5 heteroatoms. The van der Waals surface area contributed by atoms with Gasteiger partial charge in [-0.2, -0.15) is 0 Å². The lowest BCUT2D eigenvalue weighted by molar-refractivity contribution is -0.148. The van der Waals surface area contributed by atoms with Gasteiger partial charge in [0.2, 0.25) is 0 Å². The Morgan fingerprint density at radius 3 is 2.50 bits per heavy atom. The zero-order valence-corrected chi connectivity index (χ0v) is 12.6. The molecule has 0 aliphatic heterocycles. The number of esters is 1. The Balaban J connectivity index is 2.21. The van der Waals surface area contributed by atoms with Crippen LogP contribution in [0.4, 0.5) is 5.69 Å². The molecule has 0 bridgehead atoms. The smallest absolute Gasteiger partial charge is 0.331 e. The summed E-state index contributed by atoms with van der Waals surface area (Å²) in [4.78, 5) is 12.2. The molecule has 0 radical (unpaired) electrons. The summed E-state index contributed by atoms with van der Waals surface area (Å²) >= 11 is 6.17. The maximum atomic E-state index is 12.2. The molecule has 1 aliphatic carbocycles. The number of rotatable bonds is 4. The van der Waals surface area contributed by atoms with Crippen molar-refractivity contribution in [2.24, 2.45) is 0 Å². The van der Waals surface area contributed by atoms with Crippen molar-refractivity contribution in [3.05, 3.63) is 29.3 Å². The average Bonchev–Trinajstić information content (AvgIpc) is 2.49. The SMILES string of the molecule is COC(=O)C1(Nc2ccccc2Cl)CCC(OC)CC1. The van der Waals surface area contributed by atoms with Crippen molar-refractivity contribution in [3.63, 3.8) is 0 Å². The fraction of sp³-hybridized carbons (Fsp3) is 0.533. The van der Waals surface area contributed by atoms with E-state index in [1.54, 1.807) is 13.2 Å². The quantitative estimate of drug-likeness (QED) is 0.867. The highest BCUT2D eigenvalue weighted by molar-refractivity contribution is 6.33. The fourth-order valence-electron chi connectivity index (χ4n) is 2.72. The Bertz CT molecular complexity index is 470. The lowest BCUT2D eigenvalue weighted by Gasteiger charge is -2.38. The Morgan fingerprint density at radius 2 is 1.95 bits per heavy atom. The average molecular weight is 298 g/mol. The molecule has 1 fully saturated rings. The number of hydrogen-bond acceptors (Lipinski definition) is 4. The van der Waals surface area contributed by atoms with E-state index in [0.29, 0.717) is 17.9 Å². The number of halogens is 1. The fourth-order valence-corrected chi connectivity index (χ4v) is 2.90. The van der Waals surface area contributed by atoms with Crippen molar-refractivity contribution in [2.75, 3.05) is 19.5 Å². The largest absolute Gasteiger partial charge is 0.467 e. The van der Waals surface area contributed by atoms with Crippen LogP contribution in [0.1, 0.15) is 25.7 Å². The Kier molecular flexibility index (Phi) is 4.89. The first-order valence-corrected chi connectivity index (χ1v) is 7.13. The molecule has 1 aromatic carbocycles. The third-order valence-electron chi connectivity index (χ3n) is 3.94. The number of nitrogens with one attached hydrogen (secondary N) is 1. The summed E-state index contributed by atoms with van der Waals surface area (Å²) < 4.78 is 10.4. The lowest BCUT2D eigenvalue weighted by Crippen LogP contribution is -2.50. The number of para-hydroxylation sites is 1. The van der Waals surface area contributed by atoms with Crippen molar-refractivity contribution < 1.29 is 14.3 Å². The predicted octanol–water partition coefficient (Wildman–Crippen LogP) is 3.25. The number of hydrogen-bond donors (Lipinski definition) is 1. The summed E-state index contributed by atoms with van der Waals surface area (Å²) in [5, 5.41) is 3.90. The summed E-state index contributed by atoms with van der Waals surface area (Å²) in [6, 6.07) is 7.42. The van der Waals surface area contributed by atoms with Crippen LogP contribution in [0.5, 0.6) is 0 Å². The van der Waals surface area contributed by atoms with Gasteiger partial charge >= 0.3 is 5.97 Å². The molecular formula is C15H20ClNO3. The number of carbonyl (C=O) groups excluding carboxylic acids is 1. The number of ether oxygens (including phenoxy) is 2. The highest BCUT2D eigenvalue weighted by Gasteiger charge is 2.43. The molecule has 0 aromatic heterocycles. The molecule has 20 heavy (non-hydrogen) atoms. The molecule has 1 aromatic rings. The molecule has 0 heterocycles.